The Morgan fingerprint density at radius 2 is 1.74 bits per heavy atom. The Hall–Kier alpha value is -3.39. The lowest BCUT2D eigenvalue weighted by Crippen LogP contribution is -2.53. The Kier molecular flexibility index (Phi) is 6.72. The van der Waals surface area contributed by atoms with Crippen molar-refractivity contribution in [2.45, 2.75) is 43.7 Å². The molecule has 3 aliphatic rings. The second-order valence-electron chi connectivity index (χ2n) is 9.49. The number of carbonyl (C=O) groups excluding carboxylic acids is 2. The van der Waals surface area contributed by atoms with Gasteiger partial charge in [-0.2, -0.15) is 0 Å². The molecular formula is C27H30N2O6. The molecule has 8 heteroatoms. The molecule has 5 rings (SSSR count). The van der Waals surface area contributed by atoms with Gasteiger partial charge in [-0.1, -0.05) is 48.5 Å². The Morgan fingerprint density at radius 3 is 2.43 bits per heavy atom. The van der Waals surface area contributed by atoms with Crippen molar-refractivity contribution in [1.29, 1.82) is 0 Å². The van der Waals surface area contributed by atoms with Crippen molar-refractivity contribution in [2.24, 2.45) is 5.92 Å². The van der Waals surface area contributed by atoms with Gasteiger partial charge in [-0.05, 0) is 41.5 Å². The first-order valence-corrected chi connectivity index (χ1v) is 12.2. The van der Waals surface area contributed by atoms with Crippen LogP contribution in [0.2, 0.25) is 0 Å². The van der Waals surface area contributed by atoms with Crippen molar-refractivity contribution in [3.8, 4) is 11.1 Å². The molecule has 2 fully saturated rings. The zero-order chi connectivity index (χ0) is 24.4. The molecule has 2 aromatic rings. The molecule has 0 radical (unpaired) electrons. The molecule has 2 heterocycles. The number of likely N-dealkylation sites (tertiary alicyclic amines) is 1. The van der Waals surface area contributed by atoms with Crippen molar-refractivity contribution < 1.29 is 29.0 Å². The predicted octanol–water partition coefficient (Wildman–Crippen LogP) is 3.40. The third kappa shape index (κ3) is 4.89. The van der Waals surface area contributed by atoms with E-state index in [1.54, 1.807) is 4.90 Å². The number of amides is 2. The van der Waals surface area contributed by atoms with E-state index in [9.17, 15) is 14.4 Å². The number of benzene rings is 2. The van der Waals surface area contributed by atoms with Crippen molar-refractivity contribution in [3.63, 3.8) is 0 Å². The van der Waals surface area contributed by atoms with Gasteiger partial charge in [0.1, 0.15) is 12.6 Å². The number of rotatable bonds is 7. The zero-order valence-electron chi connectivity index (χ0n) is 19.5. The number of carbonyl (C=O) groups is 3. The lowest BCUT2D eigenvalue weighted by molar-refractivity contribution is -0.138. The predicted molar refractivity (Wildman–Crippen MR) is 128 cm³/mol. The molecule has 35 heavy (non-hydrogen) atoms. The summed E-state index contributed by atoms with van der Waals surface area (Å²) in [5.74, 6) is -1.07. The average Bonchev–Trinajstić information content (AvgIpc) is 3.47. The number of hydrogen-bond acceptors (Lipinski definition) is 5. The van der Waals surface area contributed by atoms with E-state index in [0.717, 1.165) is 35.1 Å². The fourth-order valence-electron chi connectivity index (χ4n) is 5.61. The van der Waals surface area contributed by atoms with Crippen molar-refractivity contribution in [1.82, 2.24) is 10.2 Å². The largest absolute Gasteiger partial charge is 0.481 e. The van der Waals surface area contributed by atoms with Gasteiger partial charge in [-0.3, -0.25) is 9.59 Å². The van der Waals surface area contributed by atoms with Gasteiger partial charge in [0.2, 0.25) is 5.91 Å². The van der Waals surface area contributed by atoms with Crippen LogP contribution in [0.4, 0.5) is 4.79 Å². The van der Waals surface area contributed by atoms with Gasteiger partial charge in [-0.25, -0.2) is 4.79 Å². The lowest BCUT2D eigenvalue weighted by atomic mass is 9.93. The highest BCUT2D eigenvalue weighted by molar-refractivity contribution is 5.86. The molecule has 0 bridgehead atoms. The second kappa shape index (κ2) is 10.1. The molecule has 2 aromatic carbocycles. The van der Waals surface area contributed by atoms with Crippen LogP contribution in [0.5, 0.6) is 0 Å². The fourth-order valence-corrected chi connectivity index (χ4v) is 5.61. The normalized spacial score (nSPS) is 21.5. The van der Waals surface area contributed by atoms with E-state index in [1.165, 1.54) is 0 Å². The summed E-state index contributed by atoms with van der Waals surface area (Å²) >= 11 is 0. The van der Waals surface area contributed by atoms with E-state index in [4.69, 9.17) is 14.6 Å². The summed E-state index contributed by atoms with van der Waals surface area (Å²) < 4.78 is 11.3. The van der Waals surface area contributed by atoms with Crippen LogP contribution in [0, 0.1) is 5.92 Å². The van der Waals surface area contributed by atoms with Crippen LogP contribution < -0.4 is 5.32 Å². The topological polar surface area (TPSA) is 105 Å². The van der Waals surface area contributed by atoms with Gasteiger partial charge in [0, 0.05) is 38.0 Å². The van der Waals surface area contributed by atoms with Gasteiger partial charge in [0.25, 0.3) is 0 Å². The summed E-state index contributed by atoms with van der Waals surface area (Å²) in [4.78, 5) is 38.9. The van der Waals surface area contributed by atoms with Crippen LogP contribution in [0.1, 0.15) is 42.7 Å². The molecule has 2 N–H and O–H groups in total. The number of aliphatic carboxylic acids is 1. The minimum absolute atomic E-state index is 0.0134. The quantitative estimate of drug-likeness (QED) is 0.632. The highest BCUT2D eigenvalue weighted by Crippen LogP contribution is 2.44. The van der Waals surface area contributed by atoms with Gasteiger partial charge in [-0.15, -0.1) is 0 Å². The molecule has 0 spiro atoms. The molecule has 1 aliphatic carbocycles. The summed E-state index contributed by atoms with van der Waals surface area (Å²) in [6.45, 7) is 1.94. The molecule has 184 valence electrons. The van der Waals surface area contributed by atoms with E-state index >= 15 is 0 Å². The first-order valence-electron chi connectivity index (χ1n) is 12.2. The van der Waals surface area contributed by atoms with Gasteiger partial charge in [0.15, 0.2) is 0 Å². The van der Waals surface area contributed by atoms with Gasteiger partial charge < -0.3 is 24.8 Å². The first kappa shape index (κ1) is 23.4. The van der Waals surface area contributed by atoms with Crippen molar-refractivity contribution in [2.75, 3.05) is 26.3 Å². The number of carboxylic acids is 1. The van der Waals surface area contributed by atoms with Crippen LogP contribution in [0.3, 0.4) is 0 Å². The minimum Gasteiger partial charge on any atom is -0.481 e. The molecule has 0 saturated carbocycles. The minimum atomic E-state index is -1.01. The third-order valence-corrected chi connectivity index (χ3v) is 7.38. The van der Waals surface area contributed by atoms with Crippen LogP contribution in [-0.4, -0.2) is 66.4 Å². The third-order valence-electron chi connectivity index (χ3n) is 7.38. The van der Waals surface area contributed by atoms with Crippen molar-refractivity contribution in [3.05, 3.63) is 59.7 Å². The molecular weight excluding hydrogens is 448 g/mol. The molecule has 2 saturated heterocycles. The number of nitrogens with one attached hydrogen (secondary N) is 1. The van der Waals surface area contributed by atoms with Crippen molar-refractivity contribution >= 4 is 18.0 Å². The van der Waals surface area contributed by atoms with Gasteiger partial charge in [0.05, 0.1) is 6.10 Å². The standard InChI is InChI=1S/C27H30N2O6/c30-25(31)10-9-23(26(32)29-13-11-24-17(15-29)12-14-34-24)28-27(33)35-16-22-20-7-3-1-5-18(20)19-6-2-4-8-21(19)22/h1-8,17,22-24H,9-16H2,(H,28,33)(H,30,31). The number of ether oxygens (including phenoxy) is 2. The Bertz CT molecular complexity index is 1070. The molecule has 3 unspecified atom stereocenters. The Morgan fingerprint density at radius 1 is 1.06 bits per heavy atom. The maximum absolute atomic E-state index is 13.2. The summed E-state index contributed by atoms with van der Waals surface area (Å²) in [5, 5.41) is 11.8. The SMILES string of the molecule is O=C(O)CCC(NC(=O)OCC1c2ccccc2-c2ccccc21)C(=O)N1CCC2OCCC2C1. The van der Waals surface area contributed by atoms with Crippen LogP contribution in [-0.2, 0) is 19.1 Å². The van der Waals surface area contributed by atoms with E-state index in [1.807, 2.05) is 36.4 Å². The summed E-state index contributed by atoms with van der Waals surface area (Å²) in [6, 6.07) is 15.2. The average molecular weight is 479 g/mol. The maximum Gasteiger partial charge on any atom is 0.407 e. The van der Waals surface area contributed by atoms with Crippen LogP contribution >= 0.6 is 0 Å². The van der Waals surface area contributed by atoms with Gasteiger partial charge >= 0.3 is 12.1 Å². The molecule has 2 aliphatic heterocycles. The second-order valence-corrected chi connectivity index (χ2v) is 9.49. The number of piperidine rings is 1. The molecule has 0 aromatic heterocycles. The van der Waals surface area contributed by atoms with Crippen LogP contribution in [0.15, 0.2) is 48.5 Å². The maximum atomic E-state index is 13.2. The Labute approximate surface area is 204 Å². The summed E-state index contributed by atoms with van der Waals surface area (Å²) in [7, 11) is 0. The fraction of sp³-hybridized carbons (Fsp3) is 0.444. The first-order chi connectivity index (χ1) is 17.0. The number of nitrogens with zero attached hydrogens (tertiary/aromatic N) is 1. The summed E-state index contributed by atoms with van der Waals surface area (Å²) in [5.41, 5.74) is 4.46. The number of fused-ring (bicyclic) bond motifs is 4. The highest BCUT2D eigenvalue weighted by Gasteiger charge is 2.38. The van der Waals surface area contributed by atoms with Crippen LogP contribution in [0.25, 0.3) is 11.1 Å². The Balaban J connectivity index is 1.24. The monoisotopic (exact) mass is 478 g/mol. The number of hydrogen-bond donors (Lipinski definition) is 2. The highest BCUT2D eigenvalue weighted by atomic mass is 16.5. The van der Waals surface area contributed by atoms with E-state index in [0.29, 0.717) is 25.6 Å². The number of carboxylic acid groups (broad SMARTS) is 1. The smallest absolute Gasteiger partial charge is 0.407 e. The van der Waals surface area contributed by atoms with E-state index < -0.39 is 18.1 Å². The van der Waals surface area contributed by atoms with E-state index in [2.05, 4.69) is 17.4 Å². The molecule has 3 atom stereocenters. The van der Waals surface area contributed by atoms with E-state index in [-0.39, 0.29) is 37.4 Å². The molecule has 2 amide bonds. The molecule has 8 nitrogen and oxygen atoms in total. The lowest BCUT2D eigenvalue weighted by Gasteiger charge is -2.36. The summed E-state index contributed by atoms with van der Waals surface area (Å²) in [6.07, 6.45) is 0.935. The zero-order valence-corrected chi connectivity index (χ0v) is 19.5. The number of alkyl carbamates (subject to hydrolysis) is 1.